The molecule has 0 bridgehead atoms. The first-order chi connectivity index (χ1) is 7.20. The van der Waals surface area contributed by atoms with Crippen molar-refractivity contribution in [1.29, 1.82) is 0 Å². The second-order valence-electron chi connectivity index (χ2n) is 4.85. The van der Waals surface area contributed by atoms with Crippen LogP contribution >= 0.6 is 0 Å². The van der Waals surface area contributed by atoms with E-state index in [0.717, 1.165) is 6.54 Å². The number of nitrogens with zero attached hydrogens (tertiary/aromatic N) is 1. The molecule has 1 aliphatic rings. The van der Waals surface area contributed by atoms with Gasteiger partial charge in [0.05, 0.1) is 0 Å². The van der Waals surface area contributed by atoms with Gasteiger partial charge in [-0.3, -0.25) is 0 Å². The predicted octanol–water partition coefficient (Wildman–Crippen LogP) is 3.48. The number of hydrogen-bond acceptors (Lipinski definition) is 1. The normalized spacial score (nSPS) is 19.2. The van der Waals surface area contributed by atoms with E-state index in [4.69, 9.17) is 4.99 Å². The molecular weight excluding hydrogens is 374 g/mol. The van der Waals surface area contributed by atoms with Crippen LogP contribution in [0.15, 0.2) is 29.3 Å². The molecule has 0 amide bonds. The first-order valence-corrected chi connectivity index (χ1v) is 5.72. The standard InChI is InChI=1S/C14H18N.Ir/c1-14(2)10-6-7-11-15-13(14)12-8-4-3-5-9-12;/h3-5,8H,6-7,10-11H2,1-2H3;/q-1;. The molecule has 1 aliphatic heterocycles. The van der Waals surface area contributed by atoms with E-state index >= 15 is 0 Å². The molecule has 0 saturated carbocycles. The molecule has 16 heavy (non-hydrogen) atoms. The van der Waals surface area contributed by atoms with Crippen molar-refractivity contribution in [2.75, 3.05) is 6.54 Å². The number of benzene rings is 1. The fourth-order valence-electron chi connectivity index (χ4n) is 2.19. The van der Waals surface area contributed by atoms with Crippen LogP contribution in [0.2, 0.25) is 0 Å². The van der Waals surface area contributed by atoms with E-state index in [0.29, 0.717) is 0 Å². The third-order valence-corrected chi connectivity index (χ3v) is 3.09. The summed E-state index contributed by atoms with van der Waals surface area (Å²) < 4.78 is 0. The minimum absolute atomic E-state index is 0. The Morgan fingerprint density at radius 2 is 2.06 bits per heavy atom. The van der Waals surface area contributed by atoms with Crippen LogP contribution < -0.4 is 0 Å². The van der Waals surface area contributed by atoms with Gasteiger partial charge in [0, 0.05) is 26.7 Å². The average Bonchev–Trinajstić information content (AvgIpc) is 2.40. The largest absolute Gasteiger partial charge is 0.337 e. The molecule has 0 saturated heterocycles. The van der Waals surface area contributed by atoms with Gasteiger partial charge in [0.2, 0.25) is 0 Å². The van der Waals surface area contributed by atoms with Crippen molar-refractivity contribution in [2.45, 2.75) is 33.1 Å². The molecule has 2 heteroatoms. The zero-order chi connectivity index (χ0) is 10.7. The van der Waals surface area contributed by atoms with Gasteiger partial charge in [0.1, 0.15) is 0 Å². The van der Waals surface area contributed by atoms with Crippen LogP contribution in [0.5, 0.6) is 0 Å². The van der Waals surface area contributed by atoms with Gasteiger partial charge in [-0.05, 0) is 17.5 Å². The van der Waals surface area contributed by atoms with Crippen LogP contribution in [0.1, 0.15) is 38.7 Å². The second kappa shape index (κ2) is 5.74. The monoisotopic (exact) mass is 393 g/mol. The summed E-state index contributed by atoms with van der Waals surface area (Å²) in [5, 5.41) is 0. The molecule has 0 unspecified atom stereocenters. The second-order valence-corrected chi connectivity index (χ2v) is 4.85. The zero-order valence-corrected chi connectivity index (χ0v) is 12.3. The maximum Gasteiger partial charge on any atom is 0.0285 e. The van der Waals surface area contributed by atoms with Crippen LogP contribution in [0, 0.1) is 11.5 Å². The van der Waals surface area contributed by atoms with Gasteiger partial charge in [0.25, 0.3) is 0 Å². The maximum absolute atomic E-state index is 4.73. The predicted molar refractivity (Wildman–Crippen MR) is 64.3 cm³/mol. The average molecular weight is 393 g/mol. The molecule has 0 atom stereocenters. The van der Waals surface area contributed by atoms with Crippen molar-refractivity contribution >= 4 is 5.71 Å². The Bertz CT molecular complexity index is 354. The van der Waals surface area contributed by atoms with Gasteiger partial charge >= 0.3 is 0 Å². The molecule has 1 radical (unpaired) electrons. The minimum Gasteiger partial charge on any atom is -0.337 e. The van der Waals surface area contributed by atoms with Crippen molar-refractivity contribution in [3.8, 4) is 0 Å². The third kappa shape index (κ3) is 3.02. The summed E-state index contributed by atoms with van der Waals surface area (Å²) in [5.74, 6) is 0. The van der Waals surface area contributed by atoms with E-state index in [-0.39, 0.29) is 25.5 Å². The number of hydrogen-bond donors (Lipinski definition) is 0. The molecule has 0 aromatic heterocycles. The van der Waals surface area contributed by atoms with Crippen molar-refractivity contribution in [1.82, 2.24) is 0 Å². The van der Waals surface area contributed by atoms with Gasteiger partial charge in [-0.2, -0.15) is 0 Å². The van der Waals surface area contributed by atoms with Crippen LogP contribution in [0.25, 0.3) is 0 Å². The van der Waals surface area contributed by atoms with Crippen molar-refractivity contribution in [2.24, 2.45) is 10.4 Å². The Labute approximate surface area is 112 Å². The van der Waals surface area contributed by atoms with E-state index in [2.05, 4.69) is 32.0 Å². The summed E-state index contributed by atoms with van der Waals surface area (Å²) >= 11 is 0. The quantitative estimate of drug-likeness (QED) is 0.649. The fourth-order valence-corrected chi connectivity index (χ4v) is 2.19. The van der Waals surface area contributed by atoms with Crippen LogP contribution in [-0.4, -0.2) is 12.3 Å². The smallest absolute Gasteiger partial charge is 0.0285 e. The Kier molecular flexibility index (Phi) is 4.88. The van der Waals surface area contributed by atoms with E-state index < -0.39 is 0 Å². The van der Waals surface area contributed by atoms with E-state index in [9.17, 15) is 0 Å². The maximum atomic E-state index is 4.73. The van der Waals surface area contributed by atoms with Crippen molar-refractivity contribution < 1.29 is 20.1 Å². The van der Waals surface area contributed by atoms with E-state index in [1.165, 1.54) is 30.5 Å². The molecule has 0 aliphatic carbocycles. The van der Waals surface area contributed by atoms with Gasteiger partial charge < -0.3 is 4.99 Å². The molecule has 1 aromatic rings. The summed E-state index contributed by atoms with van der Waals surface area (Å²) in [5.41, 5.74) is 2.61. The molecule has 2 rings (SSSR count). The molecule has 89 valence electrons. The summed E-state index contributed by atoms with van der Waals surface area (Å²) in [6, 6.07) is 11.5. The summed E-state index contributed by atoms with van der Waals surface area (Å²) in [4.78, 5) is 4.73. The topological polar surface area (TPSA) is 12.4 Å². The van der Waals surface area contributed by atoms with E-state index in [1.807, 2.05) is 12.1 Å². The SMILES string of the molecule is CC1(C)CCCCN=C1c1[c-]cccc1.[Ir]. The third-order valence-electron chi connectivity index (χ3n) is 3.09. The Morgan fingerprint density at radius 1 is 1.25 bits per heavy atom. The van der Waals surface area contributed by atoms with Gasteiger partial charge in [-0.1, -0.05) is 26.7 Å². The Balaban J connectivity index is 0.00000128. The summed E-state index contributed by atoms with van der Waals surface area (Å²) in [7, 11) is 0. The Hall–Kier alpha value is -0.461. The van der Waals surface area contributed by atoms with Crippen LogP contribution in [0.3, 0.4) is 0 Å². The summed E-state index contributed by atoms with van der Waals surface area (Å²) in [6.45, 7) is 5.55. The van der Waals surface area contributed by atoms with Gasteiger partial charge in [-0.15, -0.1) is 35.9 Å². The summed E-state index contributed by atoms with van der Waals surface area (Å²) in [6.07, 6.45) is 3.74. The van der Waals surface area contributed by atoms with Gasteiger partial charge in [0.15, 0.2) is 0 Å². The fraction of sp³-hybridized carbons (Fsp3) is 0.500. The van der Waals surface area contributed by atoms with Crippen molar-refractivity contribution in [3.05, 3.63) is 35.9 Å². The first-order valence-electron chi connectivity index (χ1n) is 5.72. The number of rotatable bonds is 1. The van der Waals surface area contributed by atoms with Crippen molar-refractivity contribution in [3.63, 3.8) is 0 Å². The van der Waals surface area contributed by atoms with Gasteiger partial charge in [-0.25, -0.2) is 0 Å². The van der Waals surface area contributed by atoms with E-state index in [1.54, 1.807) is 0 Å². The van der Waals surface area contributed by atoms with Crippen LogP contribution in [-0.2, 0) is 20.1 Å². The molecular formula is C14H18IrN-. The zero-order valence-electron chi connectivity index (χ0n) is 9.92. The number of aliphatic imine (C=N–C) groups is 1. The molecule has 0 N–H and O–H groups in total. The molecule has 0 fully saturated rings. The first kappa shape index (κ1) is 13.6. The molecule has 1 heterocycles. The molecule has 1 nitrogen and oxygen atoms in total. The molecule has 1 aromatic carbocycles. The van der Waals surface area contributed by atoms with Crippen LogP contribution in [0.4, 0.5) is 0 Å². The molecule has 0 spiro atoms. The minimum atomic E-state index is 0. The Morgan fingerprint density at radius 3 is 2.75 bits per heavy atom.